The van der Waals surface area contributed by atoms with Crippen molar-refractivity contribution in [2.24, 2.45) is 5.73 Å². The van der Waals surface area contributed by atoms with Crippen LogP contribution in [0.15, 0.2) is 48.7 Å². The third-order valence-electron chi connectivity index (χ3n) is 4.60. The molecule has 4 N–H and O–H groups in total. The van der Waals surface area contributed by atoms with E-state index in [1.54, 1.807) is 30.5 Å². The summed E-state index contributed by atoms with van der Waals surface area (Å²) in [5.74, 6) is -2.29. The van der Waals surface area contributed by atoms with Crippen LogP contribution in [0.3, 0.4) is 0 Å². The highest BCUT2D eigenvalue weighted by Crippen LogP contribution is 2.36. The second-order valence-corrected chi connectivity index (χ2v) is 6.79. The van der Waals surface area contributed by atoms with E-state index >= 15 is 0 Å². The molecule has 31 heavy (non-hydrogen) atoms. The lowest BCUT2D eigenvalue weighted by atomic mass is 10.0. The highest BCUT2D eigenvalue weighted by molar-refractivity contribution is 5.98. The van der Waals surface area contributed by atoms with Crippen LogP contribution in [0.4, 0.5) is 26.3 Å². The molecule has 1 atom stereocenters. The van der Waals surface area contributed by atoms with Gasteiger partial charge in [-0.2, -0.15) is 26.3 Å². The Morgan fingerprint density at radius 1 is 0.968 bits per heavy atom. The fourth-order valence-electron chi connectivity index (χ4n) is 3.07. The fourth-order valence-corrected chi connectivity index (χ4v) is 3.07. The molecular formula is C20H15F6N3O2. The third kappa shape index (κ3) is 4.98. The molecule has 0 aliphatic rings. The first-order chi connectivity index (χ1) is 14.4. The molecule has 2 amide bonds. The number of benzene rings is 2. The van der Waals surface area contributed by atoms with Crippen molar-refractivity contribution >= 4 is 22.7 Å². The highest BCUT2D eigenvalue weighted by atomic mass is 19.4. The topological polar surface area (TPSA) is 88.0 Å². The molecule has 0 fully saturated rings. The fraction of sp³-hybridized carbons (Fsp3) is 0.200. The van der Waals surface area contributed by atoms with Crippen molar-refractivity contribution < 1.29 is 35.9 Å². The van der Waals surface area contributed by atoms with Gasteiger partial charge in [-0.15, -0.1) is 0 Å². The average Bonchev–Trinajstić information content (AvgIpc) is 3.08. The van der Waals surface area contributed by atoms with E-state index in [1.165, 1.54) is 0 Å². The van der Waals surface area contributed by atoms with E-state index in [-0.39, 0.29) is 24.6 Å². The molecule has 164 valence electrons. The normalized spacial score (nSPS) is 13.2. The number of nitrogens with one attached hydrogen (secondary N) is 2. The Bertz CT molecular complexity index is 1100. The molecule has 0 radical (unpaired) electrons. The minimum absolute atomic E-state index is 0.0890. The van der Waals surface area contributed by atoms with Crippen LogP contribution < -0.4 is 11.1 Å². The van der Waals surface area contributed by atoms with Gasteiger partial charge in [-0.25, -0.2) is 0 Å². The number of amides is 2. The predicted octanol–water partition coefficient (Wildman–Crippen LogP) is 4.03. The highest BCUT2D eigenvalue weighted by Gasteiger charge is 2.37. The number of primary amides is 1. The van der Waals surface area contributed by atoms with Crippen molar-refractivity contribution in [3.05, 3.63) is 70.9 Å². The summed E-state index contributed by atoms with van der Waals surface area (Å²) < 4.78 is 78.1. The van der Waals surface area contributed by atoms with Crippen LogP contribution in [0.1, 0.15) is 27.0 Å². The zero-order valence-electron chi connectivity index (χ0n) is 15.6. The molecule has 0 aliphatic heterocycles. The maximum absolute atomic E-state index is 13.0. The molecule has 3 rings (SSSR count). The average molecular weight is 443 g/mol. The largest absolute Gasteiger partial charge is 0.416 e. The van der Waals surface area contributed by atoms with Gasteiger partial charge >= 0.3 is 12.4 Å². The summed E-state index contributed by atoms with van der Waals surface area (Å²) in [6, 6.07) is 6.12. The molecular weight excluding hydrogens is 428 g/mol. The van der Waals surface area contributed by atoms with Crippen molar-refractivity contribution in [2.75, 3.05) is 0 Å². The number of halogens is 6. The Labute approximate surface area is 171 Å². The number of carbonyl (C=O) groups is 2. The summed E-state index contributed by atoms with van der Waals surface area (Å²) in [5.41, 5.74) is 2.44. The number of rotatable bonds is 5. The monoisotopic (exact) mass is 443 g/mol. The molecule has 0 spiro atoms. The first kappa shape index (κ1) is 22.2. The van der Waals surface area contributed by atoms with Crippen molar-refractivity contribution in [3.8, 4) is 0 Å². The number of hydrogen-bond donors (Lipinski definition) is 3. The summed E-state index contributed by atoms with van der Waals surface area (Å²) in [5, 5.41) is 2.85. The Kier molecular flexibility index (Phi) is 5.70. The summed E-state index contributed by atoms with van der Waals surface area (Å²) in [6.07, 6.45) is -8.76. The molecule has 2 aromatic carbocycles. The van der Waals surface area contributed by atoms with Crippen molar-refractivity contribution in [1.29, 1.82) is 0 Å². The van der Waals surface area contributed by atoms with Crippen molar-refractivity contribution in [2.45, 2.75) is 24.8 Å². The third-order valence-corrected chi connectivity index (χ3v) is 4.60. The van der Waals surface area contributed by atoms with Gasteiger partial charge in [0.25, 0.3) is 5.91 Å². The van der Waals surface area contributed by atoms with Gasteiger partial charge in [0.15, 0.2) is 0 Å². The number of H-pyrrole nitrogens is 1. The maximum atomic E-state index is 13.0. The smallest absolute Gasteiger partial charge is 0.368 e. The molecule has 1 aromatic heterocycles. The van der Waals surface area contributed by atoms with Gasteiger partial charge in [-0.05, 0) is 29.8 Å². The number of aromatic amines is 1. The number of alkyl halides is 6. The molecule has 3 aromatic rings. The zero-order chi connectivity index (χ0) is 23.0. The molecule has 0 bridgehead atoms. The summed E-state index contributed by atoms with van der Waals surface area (Å²) in [6.45, 7) is 0. The Morgan fingerprint density at radius 3 is 2.10 bits per heavy atom. The molecule has 11 heteroatoms. The number of para-hydroxylation sites is 1. The van der Waals surface area contributed by atoms with Gasteiger partial charge in [-0.3, -0.25) is 9.59 Å². The van der Waals surface area contributed by atoms with Gasteiger partial charge in [0, 0.05) is 29.1 Å². The van der Waals surface area contributed by atoms with Crippen LogP contribution in [-0.2, 0) is 23.6 Å². The first-order valence-corrected chi connectivity index (χ1v) is 8.81. The van der Waals surface area contributed by atoms with Crippen LogP contribution >= 0.6 is 0 Å². The van der Waals surface area contributed by atoms with Gasteiger partial charge in [0.2, 0.25) is 5.91 Å². The van der Waals surface area contributed by atoms with E-state index in [0.717, 1.165) is 10.9 Å². The summed E-state index contributed by atoms with van der Waals surface area (Å²) in [7, 11) is 0. The second-order valence-electron chi connectivity index (χ2n) is 6.79. The quantitative estimate of drug-likeness (QED) is 0.520. The van der Waals surface area contributed by atoms with E-state index in [2.05, 4.69) is 10.3 Å². The number of aromatic nitrogens is 1. The number of fused-ring (bicyclic) bond motifs is 1. The Morgan fingerprint density at radius 2 is 1.55 bits per heavy atom. The van der Waals surface area contributed by atoms with Gasteiger partial charge < -0.3 is 16.0 Å². The minimum atomic E-state index is -5.11. The van der Waals surface area contributed by atoms with Crippen molar-refractivity contribution in [1.82, 2.24) is 10.3 Å². The van der Waals surface area contributed by atoms with Gasteiger partial charge in [0.05, 0.1) is 11.1 Å². The van der Waals surface area contributed by atoms with Crippen LogP contribution in [0.5, 0.6) is 0 Å². The van der Waals surface area contributed by atoms with Crippen LogP contribution in [-0.4, -0.2) is 22.8 Å². The van der Waals surface area contributed by atoms with Crippen LogP contribution in [0, 0.1) is 0 Å². The molecule has 5 nitrogen and oxygen atoms in total. The molecule has 0 unspecified atom stereocenters. The maximum Gasteiger partial charge on any atom is 0.416 e. The number of carbonyl (C=O) groups excluding carboxylic acids is 2. The minimum Gasteiger partial charge on any atom is -0.368 e. The Hall–Kier alpha value is -3.50. The summed E-state index contributed by atoms with van der Waals surface area (Å²) in [4.78, 5) is 27.2. The van der Waals surface area contributed by atoms with E-state index in [4.69, 9.17) is 5.73 Å². The number of nitrogens with two attached hydrogens (primary N) is 1. The molecule has 0 saturated carbocycles. The zero-order valence-corrected chi connectivity index (χ0v) is 15.6. The standard InChI is InChI=1S/C20H15F6N3O2/c21-19(22,23)12-5-10(6-13(8-12)20(24,25)26)18(31)29-16(17(27)30)7-11-9-28-15-4-2-1-3-14(11)15/h1-6,8-9,16,28H,7H2,(H2,27,30)(H,29,31)/t16-/m1/s1. The van der Waals surface area contributed by atoms with Crippen LogP contribution in [0.2, 0.25) is 0 Å². The molecule has 0 saturated heterocycles. The summed E-state index contributed by atoms with van der Waals surface area (Å²) >= 11 is 0. The number of hydrogen-bond acceptors (Lipinski definition) is 2. The van der Waals surface area contributed by atoms with Gasteiger partial charge in [0.1, 0.15) is 6.04 Å². The lowest BCUT2D eigenvalue weighted by Crippen LogP contribution is -2.45. The van der Waals surface area contributed by atoms with Crippen LogP contribution in [0.25, 0.3) is 10.9 Å². The van der Waals surface area contributed by atoms with Crippen molar-refractivity contribution in [3.63, 3.8) is 0 Å². The predicted molar refractivity (Wildman–Crippen MR) is 98.9 cm³/mol. The lowest BCUT2D eigenvalue weighted by molar-refractivity contribution is -0.143. The second kappa shape index (κ2) is 7.97. The first-order valence-electron chi connectivity index (χ1n) is 8.81. The van der Waals surface area contributed by atoms with E-state index in [1.807, 2.05) is 0 Å². The SMILES string of the molecule is NC(=O)[C@@H](Cc1c[nH]c2ccccc12)NC(=O)c1cc(C(F)(F)F)cc(C(F)(F)F)c1. The van der Waals surface area contributed by atoms with E-state index in [0.29, 0.717) is 5.56 Å². The molecule has 0 aliphatic carbocycles. The van der Waals surface area contributed by atoms with E-state index < -0.39 is 46.9 Å². The Balaban J connectivity index is 1.91. The van der Waals surface area contributed by atoms with E-state index in [9.17, 15) is 35.9 Å². The lowest BCUT2D eigenvalue weighted by Gasteiger charge is -2.17. The molecule has 1 heterocycles. The van der Waals surface area contributed by atoms with Gasteiger partial charge in [-0.1, -0.05) is 18.2 Å².